The van der Waals surface area contributed by atoms with Gasteiger partial charge >= 0.3 is 5.97 Å². The molecule has 2 aromatic rings. The molecule has 0 unspecified atom stereocenters. The first-order valence-electron chi connectivity index (χ1n) is 7.84. The maximum absolute atomic E-state index is 12.2. The number of amides is 1. The van der Waals surface area contributed by atoms with E-state index in [1.54, 1.807) is 31.2 Å². The number of ether oxygens (including phenoxy) is 2. The molecule has 2 rings (SSSR count). The van der Waals surface area contributed by atoms with Gasteiger partial charge in [0, 0.05) is 6.20 Å². The Morgan fingerprint density at radius 3 is 2.52 bits per heavy atom. The van der Waals surface area contributed by atoms with Gasteiger partial charge < -0.3 is 14.8 Å². The van der Waals surface area contributed by atoms with Crippen molar-refractivity contribution in [2.75, 3.05) is 5.32 Å². The van der Waals surface area contributed by atoms with Crippen LogP contribution in [-0.4, -0.2) is 29.1 Å². The predicted octanol–water partition coefficient (Wildman–Crippen LogP) is 3.46. The first-order chi connectivity index (χ1) is 12.0. The topological polar surface area (TPSA) is 77.5 Å². The van der Waals surface area contributed by atoms with E-state index in [1.807, 2.05) is 18.2 Å². The standard InChI is InChI=1S/C18H19ClN2O4/c1-3-15(25-14-7-5-4-6-8-14)18(23)24-12(2)17(22)21-16-10-9-13(19)11-20-16/h4-12,15H,3H2,1-2H3,(H,20,21,22)/t12-,15+/m0/s1. The van der Waals surface area contributed by atoms with Gasteiger partial charge in [-0.05, 0) is 37.6 Å². The number of hydrogen-bond donors (Lipinski definition) is 1. The molecular weight excluding hydrogens is 344 g/mol. The third-order valence-electron chi connectivity index (χ3n) is 3.30. The van der Waals surface area contributed by atoms with E-state index in [0.29, 0.717) is 23.0 Å². The van der Waals surface area contributed by atoms with E-state index in [0.717, 1.165) is 0 Å². The van der Waals surface area contributed by atoms with E-state index >= 15 is 0 Å². The fourth-order valence-corrected chi connectivity index (χ4v) is 2.05. The molecular formula is C18H19ClN2O4. The minimum Gasteiger partial charge on any atom is -0.479 e. The molecule has 0 saturated carbocycles. The van der Waals surface area contributed by atoms with Gasteiger partial charge in [0.1, 0.15) is 11.6 Å². The molecule has 1 aromatic carbocycles. The molecule has 0 aliphatic carbocycles. The third kappa shape index (κ3) is 5.76. The van der Waals surface area contributed by atoms with Crippen molar-refractivity contribution in [3.05, 3.63) is 53.7 Å². The monoisotopic (exact) mass is 362 g/mol. The van der Waals surface area contributed by atoms with Crippen LogP contribution in [-0.2, 0) is 14.3 Å². The number of nitrogens with one attached hydrogen (secondary N) is 1. The van der Waals surface area contributed by atoms with Gasteiger partial charge in [0.15, 0.2) is 12.2 Å². The maximum atomic E-state index is 12.2. The van der Waals surface area contributed by atoms with Crippen LogP contribution in [0, 0.1) is 0 Å². The average molecular weight is 363 g/mol. The number of rotatable bonds is 7. The summed E-state index contributed by atoms with van der Waals surface area (Å²) in [6.45, 7) is 3.29. The SMILES string of the molecule is CC[C@@H](Oc1ccccc1)C(=O)O[C@@H](C)C(=O)Nc1ccc(Cl)cn1. The van der Waals surface area contributed by atoms with Crippen LogP contribution in [0.15, 0.2) is 48.7 Å². The molecule has 132 valence electrons. The Hall–Kier alpha value is -2.60. The normalized spacial score (nSPS) is 12.8. The molecule has 0 radical (unpaired) electrons. The van der Waals surface area contributed by atoms with Crippen molar-refractivity contribution in [2.45, 2.75) is 32.5 Å². The number of anilines is 1. The fraction of sp³-hybridized carbons (Fsp3) is 0.278. The molecule has 0 spiro atoms. The third-order valence-corrected chi connectivity index (χ3v) is 3.52. The molecule has 2 atom stereocenters. The summed E-state index contributed by atoms with van der Waals surface area (Å²) in [4.78, 5) is 28.3. The number of aromatic nitrogens is 1. The summed E-state index contributed by atoms with van der Waals surface area (Å²) in [5.41, 5.74) is 0. The van der Waals surface area contributed by atoms with Gasteiger partial charge in [-0.3, -0.25) is 4.79 Å². The van der Waals surface area contributed by atoms with Crippen LogP contribution in [0.3, 0.4) is 0 Å². The van der Waals surface area contributed by atoms with E-state index in [4.69, 9.17) is 21.1 Å². The second kappa shape index (κ2) is 9.03. The van der Waals surface area contributed by atoms with Crippen LogP contribution in [0.25, 0.3) is 0 Å². The lowest BCUT2D eigenvalue weighted by Crippen LogP contribution is -2.36. The van der Waals surface area contributed by atoms with Crippen molar-refractivity contribution in [1.29, 1.82) is 0 Å². The van der Waals surface area contributed by atoms with E-state index in [9.17, 15) is 9.59 Å². The van der Waals surface area contributed by atoms with Gasteiger partial charge in [0.25, 0.3) is 5.91 Å². The highest BCUT2D eigenvalue weighted by atomic mass is 35.5. The Morgan fingerprint density at radius 1 is 1.20 bits per heavy atom. The lowest BCUT2D eigenvalue weighted by Gasteiger charge is -2.19. The molecule has 0 fully saturated rings. The molecule has 6 nitrogen and oxygen atoms in total. The van der Waals surface area contributed by atoms with Gasteiger partial charge in [-0.2, -0.15) is 0 Å². The average Bonchev–Trinajstić information content (AvgIpc) is 2.62. The van der Waals surface area contributed by atoms with Gasteiger partial charge in [-0.25, -0.2) is 9.78 Å². The zero-order chi connectivity index (χ0) is 18.2. The van der Waals surface area contributed by atoms with E-state index in [2.05, 4.69) is 10.3 Å². The van der Waals surface area contributed by atoms with Crippen molar-refractivity contribution in [3.8, 4) is 5.75 Å². The number of nitrogens with zero attached hydrogens (tertiary/aromatic N) is 1. The predicted molar refractivity (Wildman–Crippen MR) is 94.6 cm³/mol. The highest BCUT2D eigenvalue weighted by Crippen LogP contribution is 2.14. The minimum absolute atomic E-state index is 0.324. The molecule has 0 bridgehead atoms. The Morgan fingerprint density at radius 2 is 1.92 bits per heavy atom. The summed E-state index contributed by atoms with van der Waals surface area (Å²) >= 11 is 5.74. The van der Waals surface area contributed by atoms with E-state index in [1.165, 1.54) is 13.1 Å². The maximum Gasteiger partial charge on any atom is 0.348 e. The van der Waals surface area contributed by atoms with Crippen molar-refractivity contribution in [1.82, 2.24) is 4.98 Å². The number of halogens is 1. The number of hydrogen-bond acceptors (Lipinski definition) is 5. The number of carbonyl (C=O) groups is 2. The van der Waals surface area contributed by atoms with Crippen LogP contribution >= 0.6 is 11.6 Å². The van der Waals surface area contributed by atoms with Gasteiger partial charge in [-0.15, -0.1) is 0 Å². The van der Waals surface area contributed by atoms with Crippen LogP contribution < -0.4 is 10.1 Å². The van der Waals surface area contributed by atoms with Crippen molar-refractivity contribution in [3.63, 3.8) is 0 Å². The second-order valence-electron chi connectivity index (χ2n) is 5.26. The molecule has 0 aliphatic rings. The van der Waals surface area contributed by atoms with Crippen LogP contribution in [0.2, 0.25) is 5.02 Å². The van der Waals surface area contributed by atoms with Gasteiger partial charge in [0.2, 0.25) is 0 Å². The first kappa shape index (κ1) is 18.7. The fourth-order valence-electron chi connectivity index (χ4n) is 1.94. The first-order valence-corrected chi connectivity index (χ1v) is 8.22. The summed E-state index contributed by atoms with van der Waals surface area (Å²) in [6.07, 6.45) is 0.0554. The Labute approximate surface area is 151 Å². The highest BCUT2D eigenvalue weighted by molar-refractivity contribution is 6.30. The number of benzene rings is 1. The zero-order valence-electron chi connectivity index (χ0n) is 13.9. The van der Waals surface area contributed by atoms with Gasteiger partial charge in [-0.1, -0.05) is 36.7 Å². The molecule has 7 heteroatoms. The molecule has 1 aromatic heterocycles. The largest absolute Gasteiger partial charge is 0.479 e. The number of esters is 1. The van der Waals surface area contributed by atoms with E-state index < -0.39 is 24.1 Å². The smallest absolute Gasteiger partial charge is 0.348 e. The van der Waals surface area contributed by atoms with Crippen LogP contribution in [0.1, 0.15) is 20.3 Å². The highest BCUT2D eigenvalue weighted by Gasteiger charge is 2.25. The van der Waals surface area contributed by atoms with Crippen molar-refractivity contribution < 1.29 is 19.1 Å². The molecule has 1 N–H and O–H groups in total. The number of para-hydroxylation sites is 1. The Bertz CT molecular complexity index is 707. The van der Waals surface area contributed by atoms with Crippen LogP contribution in [0.5, 0.6) is 5.75 Å². The Kier molecular flexibility index (Phi) is 6.77. The lowest BCUT2D eigenvalue weighted by atomic mass is 10.2. The molecule has 25 heavy (non-hydrogen) atoms. The summed E-state index contributed by atoms with van der Waals surface area (Å²) in [5, 5.41) is 3.01. The second-order valence-corrected chi connectivity index (χ2v) is 5.69. The molecule has 1 heterocycles. The number of carbonyl (C=O) groups excluding carboxylic acids is 2. The summed E-state index contributed by atoms with van der Waals surface area (Å²) < 4.78 is 10.8. The van der Waals surface area contributed by atoms with Gasteiger partial charge in [0.05, 0.1) is 5.02 Å². The van der Waals surface area contributed by atoms with E-state index in [-0.39, 0.29) is 0 Å². The molecule has 1 amide bonds. The number of pyridine rings is 1. The van der Waals surface area contributed by atoms with Crippen molar-refractivity contribution >= 4 is 29.3 Å². The zero-order valence-corrected chi connectivity index (χ0v) is 14.7. The molecule has 0 saturated heterocycles. The Balaban J connectivity index is 1.90. The summed E-state index contributed by atoms with van der Waals surface area (Å²) in [5.74, 6) is -0.200. The summed E-state index contributed by atoms with van der Waals surface area (Å²) in [7, 11) is 0. The minimum atomic E-state index is -0.988. The van der Waals surface area contributed by atoms with Crippen LogP contribution in [0.4, 0.5) is 5.82 Å². The lowest BCUT2D eigenvalue weighted by molar-refractivity contribution is -0.160. The summed E-state index contributed by atoms with van der Waals surface area (Å²) in [6, 6.07) is 12.1. The quantitative estimate of drug-likeness (QED) is 0.763. The van der Waals surface area contributed by atoms with Crippen molar-refractivity contribution in [2.24, 2.45) is 0 Å². The molecule has 0 aliphatic heterocycles.